The van der Waals surface area contributed by atoms with Crippen LogP contribution in [0.4, 0.5) is 0 Å². The molecule has 1 nitrogen and oxygen atoms in total. The normalized spacial score (nSPS) is 31.9. The van der Waals surface area contributed by atoms with E-state index in [0.29, 0.717) is 0 Å². The Bertz CT molecular complexity index is 61.4. The number of alkyl halides is 1. The summed E-state index contributed by atoms with van der Waals surface area (Å²) in [5.41, 5.74) is 0. The van der Waals surface area contributed by atoms with Crippen molar-refractivity contribution in [2.75, 3.05) is 18.8 Å². The van der Waals surface area contributed by atoms with Gasteiger partial charge in [0.2, 0.25) is 0 Å². The van der Waals surface area contributed by atoms with E-state index in [4.69, 9.17) is 0 Å². The molecule has 1 fully saturated rings. The monoisotopic (exact) mass is 243 g/mol. The van der Waals surface area contributed by atoms with Crippen molar-refractivity contribution in [2.45, 2.75) is 9.68 Å². The first-order valence-electron chi connectivity index (χ1n) is 2.86. The zero-order valence-corrected chi connectivity index (χ0v) is 7.67. The van der Waals surface area contributed by atoms with Gasteiger partial charge in [0.1, 0.15) is 0 Å². The Balaban J connectivity index is 2.17. The second kappa shape index (κ2) is 3.95. The summed E-state index contributed by atoms with van der Waals surface area (Å²) < 4.78 is 0.801. The van der Waals surface area contributed by atoms with Gasteiger partial charge in [-0.3, -0.25) is 0 Å². The Morgan fingerprint density at radius 2 is 2.50 bits per heavy atom. The first kappa shape index (κ1) is 7.15. The molecule has 0 aromatic heterocycles. The van der Waals surface area contributed by atoms with Gasteiger partial charge in [-0.2, -0.15) is 0 Å². The zero-order chi connectivity index (χ0) is 5.82. The molecule has 0 spiro atoms. The van der Waals surface area contributed by atoms with Gasteiger partial charge < -0.3 is 5.32 Å². The Morgan fingerprint density at radius 3 is 3.38 bits per heavy atom. The number of rotatable bonds is 0. The first-order chi connectivity index (χ1) is 3.89. The lowest BCUT2D eigenvalue weighted by molar-refractivity contribution is 0.720. The smallest absolute Gasteiger partial charge is 0.0688 e. The highest BCUT2D eigenvalue weighted by molar-refractivity contribution is 14.1. The van der Waals surface area contributed by atoms with Crippen molar-refractivity contribution in [3.8, 4) is 0 Å². The highest BCUT2D eigenvalue weighted by Crippen LogP contribution is 2.19. The highest BCUT2D eigenvalue weighted by Gasteiger charge is 2.06. The lowest BCUT2D eigenvalue weighted by atomic mass is 10.5. The number of hydrogen-bond donors (Lipinski definition) is 1. The molecule has 1 rings (SSSR count). The first-order valence-corrected chi connectivity index (χ1v) is 5.15. The summed E-state index contributed by atoms with van der Waals surface area (Å²) in [5, 5.41) is 3.37. The molecule has 0 aliphatic carbocycles. The van der Waals surface area contributed by atoms with Gasteiger partial charge in [-0.15, -0.1) is 11.8 Å². The largest absolute Gasteiger partial charge is 0.315 e. The molecule has 0 saturated carbocycles. The quantitative estimate of drug-likeness (QED) is 0.510. The third-order valence-corrected chi connectivity index (χ3v) is 3.67. The standard InChI is InChI=1S/C5H10INS/c6-5-4-7-2-1-3-8-5/h5,7H,1-4H2. The molecule has 1 aliphatic rings. The average molecular weight is 243 g/mol. The number of thioether (sulfide) groups is 1. The van der Waals surface area contributed by atoms with Gasteiger partial charge >= 0.3 is 0 Å². The lowest BCUT2D eigenvalue weighted by Gasteiger charge is -2.01. The topological polar surface area (TPSA) is 12.0 Å². The zero-order valence-electron chi connectivity index (χ0n) is 4.69. The van der Waals surface area contributed by atoms with Gasteiger partial charge in [0.15, 0.2) is 0 Å². The predicted octanol–water partition coefficient (Wildman–Crippen LogP) is 1.47. The van der Waals surface area contributed by atoms with Gasteiger partial charge in [-0.1, -0.05) is 22.6 Å². The fourth-order valence-corrected chi connectivity index (χ4v) is 2.56. The molecule has 0 radical (unpaired) electrons. The van der Waals surface area contributed by atoms with Crippen LogP contribution in [-0.2, 0) is 0 Å². The van der Waals surface area contributed by atoms with Crippen molar-refractivity contribution < 1.29 is 0 Å². The fourth-order valence-electron chi connectivity index (χ4n) is 0.683. The van der Waals surface area contributed by atoms with Gasteiger partial charge in [0.25, 0.3) is 0 Å². The summed E-state index contributed by atoms with van der Waals surface area (Å²) in [7, 11) is 0. The van der Waals surface area contributed by atoms with E-state index >= 15 is 0 Å². The molecule has 1 N–H and O–H groups in total. The van der Waals surface area contributed by atoms with E-state index < -0.39 is 0 Å². The Hall–Kier alpha value is 1.04. The second-order valence-corrected chi connectivity index (χ2v) is 5.50. The summed E-state index contributed by atoms with van der Waals surface area (Å²) in [6, 6.07) is 0. The minimum Gasteiger partial charge on any atom is -0.315 e. The molecule has 1 saturated heterocycles. The minimum atomic E-state index is 0.801. The van der Waals surface area contributed by atoms with E-state index in [1.165, 1.54) is 25.3 Å². The molecule has 8 heavy (non-hydrogen) atoms. The van der Waals surface area contributed by atoms with Crippen LogP contribution < -0.4 is 5.32 Å². The molecule has 0 aromatic rings. The van der Waals surface area contributed by atoms with Crippen LogP contribution >= 0.6 is 34.4 Å². The summed E-state index contributed by atoms with van der Waals surface area (Å²) in [4.78, 5) is 0. The molecule has 0 aromatic carbocycles. The summed E-state index contributed by atoms with van der Waals surface area (Å²) >= 11 is 4.55. The minimum absolute atomic E-state index is 0.801. The van der Waals surface area contributed by atoms with Crippen LogP contribution in [0, 0.1) is 0 Å². The van der Waals surface area contributed by atoms with E-state index in [9.17, 15) is 0 Å². The van der Waals surface area contributed by atoms with E-state index in [0.717, 1.165) is 3.26 Å². The summed E-state index contributed by atoms with van der Waals surface area (Å²) in [6.45, 7) is 2.40. The maximum atomic E-state index is 3.37. The molecule has 0 amide bonds. The van der Waals surface area contributed by atoms with Crippen molar-refractivity contribution in [3.63, 3.8) is 0 Å². The number of hydrogen-bond acceptors (Lipinski definition) is 2. The van der Waals surface area contributed by atoms with E-state index in [1.807, 2.05) is 0 Å². The van der Waals surface area contributed by atoms with Crippen LogP contribution in [0.3, 0.4) is 0 Å². The Kier molecular flexibility index (Phi) is 3.53. The van der Waals surface area contributed by atoms with Gasteiger partial charge in [0, 0.05) is 6.54 Å². The van der Waals surface area contributed by atoms with Crippen molar-refractivity contribution in [1.29, 1.82) is 0 Å². The van der Waals surface area contributed by atoms with Gasteiger partial charge in [-0.05, 0) is 18.7 Å². The third kappa shape index (κ3) is 2.55. The van der Waals surface area contributed by atoms with E-state index in [-0.39, 0.29) is 0 Å². The van der Waals surface area contributed by atoms with Crippen molar-refractivity contribution in [1.82, 2.24) is 5.32 Å². The van der Waals surface area contributed by atoms with Crippen LogP contribution in [0.25, 0.3) is 0 Å². The van der Waals surface area contributed by atoms with Gasteiger partial charge in [-0.25, -0.2) is 0 Å². The van der Waals surface area contributed by atoms with Crippen molar-refractivity contribution >= 4 is 34.4 Å². The SMILES string of the molecule is IC1CNCCCS1. The molecule has 1 atom stereocenters. The maximum Gasteiger partial charge on any atom is 0.0688 e. The van der Waals surface area contributed by atoms with Crippen molar-refractivity contribution in [2.24, 2.45) is 0 Å². The molecule has 1 heterocycles. The fraction of sp³-hybridized carbons (Fsp3) is 1.00. The van der Waals surface area contributed by atoms with Gasteiger partial charge in [0.05, 0.1) is 3.26 Å². The molecule has 0 bridgehead atoms. The van der Waals surface area contributed by atoms with E-state index in [1.54, 1.807) is 0 Å². The summed E-state index contributed by atoms with van der Waals surface area (Å²) in [6.07, 6.45) is 1.34. The van der Waals surface area contributed by atoms with Crippen LogP contribution in [0.1, 0.15) is 6.42 Å². The molecular formula is C5H10INS. The maximum absolute atomic E-state index is 3.37. The Morgan fingerprint density at radius 1 is 1.62 bits per heavy atom. The predicted molar refractivity (Wildman–Crippen MR) is 47.8 cm³/mol. The third-order valence-electron chi connectivity index (χ3n) is 1.10. The second-order valence-electron chi connectivity index (χ2n) is 1.84. The van der Waals surface area contributed by atoms with Crippen LogP contribution in [0.5, 0.6) is 0 Å². The number of nitrogens with one attached hydrogen (secondary N) is 1. The molecular weight excluding hydrogens is 233 g/mol. The highest BCUT2D eigenvalue weighted by atomic mass is 127. The Labute approximate surface area is 68.1 Å². The van der Waals surface area contributed by atoms with Crippen molar-refractivity contribution in [3.05, 3.63) is 0 Å². The van der Waals surface area contributed by atoms with E-state index in [2.05, 4.69) is 39.7 Å². The molecule has 1 unspecified atom stereocenters. The molecule has 1 aliphatic heterocycles. The molecule has 48 valence electrons. The summed E-state index contributed by atoms with van der Waals surface area (Å²) in [5.74, 6) is 1.33. The van der Waals surface area contributed by atoms with Crippen LogP contribution in [0.15, 0.2) is 0 Å². The molecule has 3 heteroatoms. The number of halogens is 1. The van der Waals surface area contributed by atoms with Crippen LogP contribution in [-0.4, -0.2) is 22.1 Å². The average Bonchev–Trinajstić information content (AvgIpc) is 1.94. The lowest BCUT2D eigenvalue weighted by Crippen LogP contribution is -2.18. The van der Waals surface area contributed by atoms with Crippen LogP contribution in [0.2, 0.25) is 0 Å².